The monoisotopic (exact) mass is 299 g/mol. The van der Waals surface area contributed by atoms with Crippen molar-refractivity contribution in [2.75, 3.05) is 17.3 Å². The molecule has 3 aromatic rings. The van der Waals surface area contributed by atoms with Gasteiger partial charge in [-0.3, -0.25) is 0 Å². The number of fused-ring (bicyclic) bond motifs is 1. The van der Waals surface area contributed by atoms with E-state index in [1.54, 1.807) is 0 Å². The predicted molar refractivity (Wildman–Crippen MR) is 84.6 cm³/mol. The maximum Gasteiger partial charge on any atom is 0.349 e. The number of hydrogen-bond acceptors (Lipinski definition) is 5. The summed E-state index contributed by atoms with van der Waals surface area (Å²) in [6.07, 6.45) is 1.82. The maximum absolute atomic E-state index is 12.3. The van der Waals surface area contributed by atoms with Gasteiger partial charge in [-0.1, -0.05) is 48.2 Å². The molecule has 106 valence electrons. The molecule has 0 spiro atoms. The number of nitrogen functional groups attached to an aromatic ring is 1. The Morgan fingerprint density at radius 2 is 2.00 bits per heavy atom. The van der Waals surface area contributed by atoms with Gasteiger partial charge in [0.05, 0.1) is 5.69 Å². The van der Waals surface area contributed by atoms with E-state index in [1.165, 1.54) is 11.8 Å². The van der Waals surface area contributed by atoms with Crippen molar-refractivity contribution in [1.29, 1.82) is 0 Å². The molecule has 0 unspecified atom stereocenters. The van der Waals surface area contributed by atoms with Crippen LogP contribution in [0.3, 0.4) is 0 Å². The van der Waals surface area contributed by atoms with Crippen LogP contribution in [0.15, 0.2) is 47.6 Å². The predicted octanol–water partition coefficient (Wildman–Crippen LogP) is 2.82. The van der Waals surface area contributed by atoms with Crippen molar-refractivity contribution < 1.29 is 4.79 Å². The molecule has 0 saturated carbocycles. The first-order chi connectivity index (χ1) is 10.2. The minimum atomic E-state index is -0.434. The molecule has 0 atom stereocenters. The fourth-order valence-electron chi connectivity index (χ4n) is 2.04. The minimum absolute atomic E-state index is 0.0667. The van der Waals surface area contributed by atoms with Gasteiger partial charge in [0, 0.05) is 5.39 Å². The zero-order valence-corrected chi connectivity index (χ0v) is 12.1. The zero-order chi connectivity index (χ0) is 14.8. The number of rotatable bonds is 2. The first-order valence-corrected chi connectivity index (χ1v) is 7.47. The van der Waals surface area contributed by atoms with Crippen LogP contribution in [-0.4, -0.2) is 27.1 Å². The average molecular weight is 299 g/mol. The fourth-order valence-corrected chi connectivity index (χ4v) is 2.39. The summed E-state index contributed by atoms with van der Waals surface area (Å²) in [6, 6.07) is 13.1. The second kappa shape index (κ2) is 5.45. The molecule has 0 bridgehead atoms. The van der Waals surface area contributed by atoms with Gasteiger partial charge in [0.1, 0.15) is 0 Å². The van der Waals surface area contributed by atoms with Crippen molar-refractivity contribution in [2.24, 2.45) is 0 Å². The number of benzene rings is 2. The second-order valence-electron chi connectivity index (χ2n) is 4.33. The number of nitrogens with one attached hydrogen (secondary N) is 1. The molecule has 0 aliphatic carbocycles. The SMILES string of the molecule is CSc1nc(N)n(C(=O)Nc2cccc3ccccc23)n1. The van der Waals surface area contributed by atoms with Crippen LogP contribution in [0.4, 0.5) is 16.4 Å². The van der Waals surface area contributed by atoms with E-state index in [-0.39, 0.29) is 5.95 Å². The van der Waals surface area contributed by atoms with Crippen LogP contribution in [-0.2, 0) is 0 Å². The topological polar surface area (TPSA) is 85.8 Å². The average Bonchev–Trinajstić information content (AvgIpc) is 2.89. The summed E-state index contributed by atoms with van der Waals surface area (Å²) in [5.41, 5.74) is 6.41. The highest BCUT2D eigenvalue weighted by Gasteiger charge is 2.14. The zero-order valence-electron chi connectivity index (χ0n) is 11.3. The molecule has 1 amide bonds. The van der Waals surface area contributed by atoms with E-state index in [1.807, 2.05) is 48.7 Å². The maximum atomic E-state index is 12.3. The van der Waals surface area contributed by atoms with Crippen molar-refractivity contribution in [3.05, 3.63) is 42.5 Å². The molecule has 3 rings (SSSR count). The highest BCUT2D eigenvalue weighted by Crippen LogP contribution is 2.23. The van der Waals surface area contributed by atoms with Crippen molar-refractivity contribution in [2.45, 2.75) is 5.16 Å². The standard InChI is InChI=1S/C14H13N5OS/c1-21-13-17-12(15)19(18-13)14(20)16-11-8-4-6-9-5-2-3-7-10(9)11/h2-8H,1H3,(H,16,20)(H2,15,17,18). The molecular weight excluding hydrogens is 286 g/mol. The first kappa shape index (κ1) is 13.4. The number of nitrogens with zero attached hydrogens (tertiary/aromatic N) is 3. The summed E-state index contributed by atoms with van der Waals surface area (Å²) >= 11 is 1.33. The Balaban J connectivity index is 1.94. The molecule has 7 heteroatoms. The van der Waals surface area contributed by atoms with Gasteiger partial charge in [-0.2, -0.15) is 4.98 Å². The lowest BCUT2D eigenvalue weighted by molar-refractivity contribution is 0.251. The van der Waals surface area contributed by atoms with E-state index in [4.69, 9.17) is 5.73 Å². The number of anilines is 2. The van der Waals surface area contributed by atoms with Gasteiger partial charge in [0.15, 0.2) is 0 Å². The lowest BCUT2D eigenvalue weighted by Crippen LogP contribution is -2.22. The van der Waals surface area contributed by atoms with E-state index in [9.17, 15) is 4.79 Å². The summed E-state index contributed by atoms with van der Waals surface area (Å²) < 4.78 is 1.06. The number of thioether (sulfide) groups is 1. The van der Waals surface area contributed by atoms with Crippen LogP contribution < -0.4 is 11.1 Å². The Hall–Kier alpha value is -2.54. The van der Waals surface area contributed by atoms with E-state index >= 15 is 0 Å². The van der Waals surface area contributed by atoms with Crippen LogP contribution in [0, 0.1) is 0 Å². The van der Waals surface area contributed by atoms with E-state index in [0.29, 0.717) is 10.8 Å². The molecule has 3 N–H and O–H groups in total. The molecule has 0 radical (unpaired) electrons. The number of hydrogen-bond donors (Lipinski definition) is 2. The van der Waals surface area contributed by atoms with Crippen molar-refractivity contribution in [3.8, 4) is 0 Å². The largest absolute Gasteiger partial charge is 0.368 e. The molecule has 2 aromatic carbocycles. The quantitative estimate of drug-likeness (QED) is 0.711. The Morgan fingerprint density at radius 1 is 1.24 bits per heavy atom. The Morgan fingerprint density at radius 3 is 2.76 bits per heavy atom. The van der Waals surface area contributed by atoms with Gasteiger partial charge < -0.3 is 11.1 Å². The summed E-state index contributed by atoms with van der Waals surface area (Å²) in [6.45, 7) is 0. The number of nitrogens with two attached hydrogens (primary N) is 1. The van der Waals surface area contributed by atoms with E-state index < -0.39 is 6.03 Å². The summed E-state index contributed by atoms with van der Waals surface area (Å²) in [5, 5.41) is 9.31. The fraction of sp³-hybridized carbons (Fsp3) is 0.0714. The smallest absolute Gasteiger partial charge is 0.349 e. The molecule has 0 fully saturated rings. The van der Waals surface area contributed by atoms with Gasteiger partial charge in [0.25, 0.3) is 0 Å². The first-order valence-electron chi connectivity index (χ1n) is 6.24. The van der Waals surface area contributed by atoms with E-state index in [0.717, 1.165) is 15.5 Å². The highest BCUT2D eigenvalue weighted by molar-refractivity contribution is 7.98. The molecule has 21 heavy (non-hydrogen) atoms. The third-order valence-electron chi connectivity index (χ3n) is 3.02. The number of carbonyl (C=O) groups is 1. The molecule has 0 aliphatic heterocycles. The van der Waals surface area contributed by atoms with Crippen molar-refractivity contribution in [3.63, 3.8) is 0 Å². The van der Waals surface area contributed by atoms with Gasteiger partial charge in [-0.15, -0.1) is 9.78 Å². The Kier molecular flexibility index (Phi) is 3.49. The molecule has 0 aliphatic rings. The summed E-state index contributed by atoms with van der Waals surface area (Å²) in [5.74, 6) is 0.0667. The van der Waals surface area contributed by atoms with Crippen LogP contribution in [0.5, 0.6) is 0 Å². The lowest BCUT2D eigenvalue weighted by Gasteiger charge is -2.08. The lowest BCUT2D eigenvalue weighted by atomic mass is 10.1. The summed E-state index contributed by atoms with van der Waals surface area (Å²) in [4.78, 5) is 16.3. The molecule has 1 aromatic heterocycles. The van der Waals surface area contributed by atoms with Crippen molar-refractivity contribution in [1.82, 2.24) is 14.8 Å². The van der Waals surface area contributed by atoms with Crippen molar-refractivity contribution >= 4 is 40.2 Å². The van der Waals surface area contributed by atoms with Crippen LogP contribution in [0.2, 0.25) is 0 Å². The van der Waals surface area contributed by atoms with Gasteiger partial charge in [-0.05, 0) is 17.7 Å². The Bertz CT molecular complexity index is 809. The molecule has 6 nitrogen and oxygen atoms in total. The summed E-state index contributed by atoms with van der Waals surface area (Å²) in [7, 11) is 0. The molecule has 1 heterocycles. The van der Waals surface area contributed by atoms with Crippen LogP contribution >= 0.6 is 11.8 Å². The number of amides is 1. The highest BCUT2D eigenvalue weighted by atomic mass is 32.2. The van der Waals surface area contributed by atoms with Gasteiger partial charge >= 0.3 is 6.03 Å². The number of carbonyl (C=O) groups excluding carboxylic acids is 1. The normalized spacial score (nSPS) is 10.7. The van der Waals surface area contributed by atoms with Gasteiger partial charge in [0.2, 0.25) is 11.1 Å². The third-order valence-corrected chi connectivity index (χ3v) is 3.56. The van der Waals surface area contributed by atoms with Crippen LogP contribution in [0.1, 0.15) is 0 Å². The third kappa shape index (κ3) is 2.55. The van der Waals surface area contributed by atoms with E-state index in [2.05, 4.69) is 15.4 Å². The molecular formula is C14H13N5OS. The second-order valence-corrected chi connectivity index (χ2v) is 5.10. The van der Waals surface area contributed by atoms with Crippen LogP contribution in [0.25, 0.3) is 10.8 Å². The Labute approximate surface area is 125 Å². The molecule has 0 saturated heterocycles. The minimum Gasteiger partial charge on any atom is -0.368 e. The van der Waals surface area contributed by atoms with Gasteiger partial charge in [-0.25, -0.2) is 4.79 Å². The number of aromatic nitrogens is 3.